The molecule has 1 aliphatic heterocycles. The molecule has 0 aliphatic carbocycles. The highest BCUT2D eigenvalue weighted by Gasteiger charge is 2.44. The molecule has 0 amide bonds. The third-order valence-corrected chi connectivity index (χ3v) is 5.21. The lowest BCUT2D eigenvalue weighted by atomic mass is 10.1. The van der Waals surface area contributed by atoms with Crippen molar-refractivity contribution in [2.75, 3.05) is 12.3 Å². The van der Waals surface area contributed by atoms with E-state index >= 15 is 0 Å². The molecule has 0 bridgehead atoms. The van der Waals surface area contributed by atoms with Crippen LogP contribution in [0.1, 0.15) is 6.23 Å². The molecule has 9 nitrogen and oxygen atoms in total. The Labute approximate surface area is 152 Å². The number of rotatable bonds is 4. The van der Waals surface area contributed by atoms with Crippen molar-refractivity contribution in [3.63, 3.8) is 0 Å². The Morgan fingerprint density at radius 2 is 1.88 bits per heavy atom. The number of ether oxygens (including phenoxy) is 1. The summed E-state index contributed by atoms with van der Waals surface area (Å²) in [6.45, 7) is -0.394. The van der Waals surface area contributed by atoms with E-state index in [0.29, 0.717) is 21.9 Å². The van der Waals surface area contributed by atoms with Crippen molar-refractivity contribution in [3.05, 3.63) is 36.9 Å². The van der Waals surface area contributed by atoms with Gasteiger partial charge in [-0.05, 0) is 24.3 Å². The lowest BCUT2D eigenvalue weighted by molar-refractivity contribution is -0.0511. The summed E-state index contributed by atoms with van der Waals surface area (Å²) in [6.07, 6.45) is -1.26. The normalized spacial score (nSPS) is 25.8. The molecule has 5 N–H and O–H groups in total. The standard InChI is InChI=1S/C16H17N5O4S/c17-8-1-3-9(4-2-8)26-15-11-14(18-6-19-15)21(7-20-11)16-13(24)12(23)10(5-22)25-16/h1-4,6-7,10,12-13,16,22-24H,5,17H2/t10-,12-,13-,16-/m1/s1. The van der Waals surface area contributed by atoms with Crippen LogP contribution in [0, 0.1) is 0 Å². The highest BCUT2D eigenvalue weighted by molar-refractivity contribution is 7.99. The number of benzene rings is 1. The fraction of sp³-hybridized carbons (Fsp3) is 0.312. The Hall–Kier alpha value is -2.24. The molecule has 136 valence electrons. The summed E-state index contributed by atoms with van der Waals surface area (Å²) >= 11 is 1.41. The average Bonchev–Trinajstić information content (AvgIpc) is 3.19. The van der Waals surface area contributed by atoms with Gasteiger partial charge in [0.15, 0.2) is 11.9 Å². The van der Waals surface area contributed by atoms with Crippen LogP contribution in [-0.4, -0.2) is 59.8 Å². The van der Waals surface area contributed by atoms with Gasteiger partial charge >= 0.3 is 0 Å². The molecule has 0 spiro atoms. The van der Waals surface area contributed by atoms with Gasteiger partial charge in [-0.15, -0.1) is 0 Å². The van der Waals surface area contributed by atoms with Gasteiger partial charge in [-0.2, -0.15) is 0 Å². The van der Waals surface area contributed by atoms with Crippen molar-refractivity contribution >= 4 is 28.6 Å². The zero-order valence-corrected chi connectivity index (χ0v) is 14.3. The van der Waals surface area contributed by atoms with Crippen molar-refractivity contribution in [2.24, 2.45) is 0 Å². The number of anilines is 1. The molecule has 3 aromatic rings. The molecule has 26 heavy (non-hydrogen) atoms. The van der Waals surface area contributed by atoms with Crippen LogP contribution in [-0.2, 0) is 4.74 Å². The van der Waals surface area contributed by atoms with Crippen LogP contribution in [0.5, 0.6) is 0 Å². The third-order valence-electron chi connectivity index (χ3n) is 4.21. The number of aromatic nitrogens is 4. The van der Waals surface area contributed by atoms with Gasteiger partial charge in [0.1, 0.15) is 35.2 Å². The van der Waals surface area contributed by atoms with E-state index in [1.807, 2.05) is 12.1 Å². The van der Waals surface area contributed by atoms with Crippen molar-refractivity contribution < 1.29 is 20.1 Å². The van der Waals surface area contributed by atoms with E-state index in [2.05, 4.69) is 15.0 Å². The second-order valence-electron chi connectivity index (χ2n) is 5.90. The fourth-order valence-corrected chi connectivity index (χ4v) is 3.68. The first kappa shape index (κ1) is 17.2. The molecule has 0 saturated carbocycles. The number of nitrogen functional groups attached to an aromatic ring is 1. The molecule has 1 saturated heterocycles. The molecular weight excluding hydrogens is 358 g/mol. The molecular formula is C16H17N5O4S. The van der Waals surface area contributed by atoms with Gasteiger partial charge in [0.2, 0.25) is 0 Å². The van der Waals surface area contributed by atoms with E-state index in [4.69, 9.17) is 10.5 Å². The van der Waals surface area contributed by atoms with E-state index in [0.717, 1.165) is 4.90 Å². The van der Waals surface area contributed by atoms with E-state index in [1.165, 1.54) is 29.0 Å². The first-order valence-corrected chi connectivity index (χ1v) is 8.73. The Morgan fingerprint density at radius 1 is 1.12 bits per heavy atom. The SMILES string of the molecule is Nc1ccc(Sc2ncnc3c2ncn3[C@@H]2O[C@H](CO)[C@@H](O)[C@H]2O)cc1. The molecule has 2 aromatic heterocycles. The second-order valence-corrected chi connectivity index (χ2v) is 6.97. The monoisotopic (exact) mass is 375 g/mol. The van der Waals surface area contributed by atoms with Crippen LogP contribution >= 0.6 is 11.8 Å². The van der Waals surface area contributed by atoms with Crippen LogP contribution in [0.15, 0.2) is 46.8 Å². The van der Waals surface area contributed by atoms with Gasteiger partial charge < -0.3 is 25.8 Å². The summed E-state index contributed by atoms with van der Waals surface area (Å²) in [5.74, 6) is 0. The van der Waals surface area contributed by atoms with Crippen LogP contribution < -0.4 is 5.73 Å². The number of aliphatic hydroxyl groups excluding tert-OH is 3. The number of imidazole rings is 1. The molecule has 0 radical (unpaired) electrons. The smallest absolute Gasteiger partial charge is 0.166 e. The van der Waals surface area contributed by atoms with Crippen molar-refractivity contribution in [1.29, 1.82) is 0 Å². The van der Waals surface area contributed by atoms with Crippen molar-refractivity contribution in [3.8, 4) is 0 Å². The quantitative estimate of drug-likeness (QED) is 0.371. The lowest BCUT2D eigenvalue weighted by Crippen LogP contribution is -2.33. The predicted octanol–water partition coefficient (Wildman–Crippen LogP) is 0.171. The summed E-state index contributed by atoms with van der Waals surface area (Å²) in [6, 6.07) is 7.38. The number of nitrogens with zero attached hydrogens (tertiary/aromatic N) is 4. The summed E-state index contributed by atoms with van der Waals surface area (Å²) in [5.41, 5.74) is 7.39. The molecule has 3 heterocycles. The van der Waals surface area contributed by atoms with Gasteiger partial charge in [-0.3, -0.25) is 4.57 Å². The van der Waals surface area contributed by atoms with Gasteiger partial charge in [-0.1, -0.05) is 11.8 Å². The minimum absolute atomic E-state index is 0.394. The van der Waals surface area contributed by atoms with Gasteiger partial charge in [0, 0.05) is 10.6 Å². The van der Waals surface area contributed by atoms with Crippen LogP contribution in [0.25, 0.3) is 11.2 Å². The maximum atomic E-state index is 10.2. The molecule has 1 aliphatic rings. The summed E-state index contributed by atoms with van der Waals surface area (Å²) < 4.78 is 7.09. The minimum atomic E-state index is -1.20. The molecule has 10 heteroatoms. The molecule has 1 fully saturated rings. The van der Waals surface area contributed by atoms with Gasteiger partial charge in [0.05, 0.1) is 12.9 Å². The van der Waals surface area contributed by atoms with E-state index < -0.39 is 31.1 Å². The summed E-state index contributed by atoms with van der Waals surface area (Å²) in [4.78, 5) is 13.8. The molecule has 4 atom stereocenters. The van der Waals surface area contributed by atoms with Crippen LogP contribution in [0.3, 0.4) is 0 Å². The molecule has 1 aromatic carbocycles. The van der Waals surface area contributed by atoms with Crippen LogP contribution in [0.2, 0.25) is 0 Å². The highest BCUT2D eigenvalue weighted by Crippen LogP contribution is 2.34. The Bertz CT molecular complexity index is 919. The lowest BCUT2D eigenvalue weighted by Gasteiger charge is -2.16. The van der Waals surface area contributed by atoms with Gasteiger partial charge in [-0.25, -0.2) is 15.0 Å². The van der Waals surface area contributed by atoms with Gasteiger partial charge in [0.25, 0.3) is 0 Å². The largest absolute Gasteiger partial charge is 0.399 e. The topological polar surface area (TPSA) is 140 Å². The molecule has 0 unspecified atom stereocenters. The highest BCUT2D eigenvalue weighted by atomic mass is 32.2. The maximum Gasteiger partial charge on any atom is 0.166 e. The second kappa shape index (κ2) is 6.82. The van der Waals surface area contributed by atoms with Crippen molar-refractivity contribution in [1.82, 2.24) is 19.5 Å². The number of hydrogen-bond acceptors (Lipinski definition) is 9. The Morgan fingerprint density at radius 3 is 2.58 bits per heavy atom. The first-order valence-electron chi connectivity index (χ1n) is 7.92. The zero-order chi connectivity index (χ0) is 18.3. The number of aliphatic hydroxyl groups is 3. The van der Waals surface area contributed by atoms with E-state index in [-0.39, 0.29) is 0 Å². The average molecular weight is 375 g/mol. The Kier molecular flexibility index (Phi) is 4.51. The minimum Gasteiger partial charge on any atom is -0.399 e. The molecule has 4 rings (SSSR count). The summed E-state index contributed by atoms with van der Waals surface area (Å²) in [5, 5.41) is 30.1. The number of fused-ring (bicyclic) bond motifs is 1. The van der Waals surface area contributed by atoms with Crippen LogP contribution in [0.4, 0.5) is 5.69 Å². The first-order chi connectivity index (χ1) is 12.6. The predicted molar refractivity (Wildman–Crippen MR) is 93.3 cm³/mol. The third kappa shape index (κ3) is 2.91. The zero-order valence-electron chi connectivity index (χ0n) is 13.5. The van der Waals surface area contributed by atoms with E-state index in [1.54, 1.807) is 12.1 Å². The van der Waals surface area contributed by atoms with Crippen molar-refractivity contribution in [2.45, 2.75) is 34.5 Å². The number of hydrogen-bond donors (Lipinski definition) is 4. The maximum absolute atomic E-state index is 10.2. The Balaban J connectivity index is 1.68. The van der Waals surface area contributed by atoms with E-state index in [9.17, 15) is 15.3 Å². The fourth-order valence-electron chi connectivity index (χ4n) is 2.85. The summed E-state index contributed by atoms with van der Waals surface area (Å²) in [7, 11) is 0. The number of nitrogens with two attached hydrogens (primary N) is 1.